The van der Waals surface area contributed by atoms with E-state index in [0.29, 0.717) is 12.2 Å². The number of carbonyl (C=O) groups excluding carboxylic acids is 3. The summed E-state index contributed by atoms with van der Waals surface area (Å²) < 4.78 is 0. The molecular formula is C19H32N2O3S. The first-order chi connectivity index (χ1) is 12.1. The Morgan fingerprint density at radius 3 is 2.16 bits per heavy atom. The first-order valence-corrected chi connectivity index (χ1v) is 10.9. The zero-order valence-electron chi connectivity index (χ0n) is 15.4. The van der Waals surface area contributed by atoms with Crippen molar-refractivity contribution in [1.82, 2.24) is 10.2 Å². The summed E-state index contributed by atoms with van der Waals surface area (Å²) in [6.07, 6.45) is 11.5. The van der Waals surface area contributed by atoms with E-state index in [2.05, 4.69) is 5.32 Å². The molecule has 0 heterocycles. The maximum Gasteiger partial charge on any atom is 0.324 e. The summed E-state index contributed by atoms with van der Waals surface area (Å²) in [5, 5.41) is 3.20. The number of hydrogen-bond donors (Lipinski definition) is 1. The van der Waals surface area contributed by atoms with Gasteiger partial charge in [-0.3, -0.25) is 14.5 Å². The van der Waals surface area contributed by atoms with Gasteiger partial charge in [0, 0.05) is 30.7 Å². The molecule has 0 radical (unpaired) electrons. The molecule has 2 aliphatic rings. The Kier molecular flexibility index (Phi) is 8.79. The maximum atomic E-state index is 12.8. The van der Waals surface area contributed by atoms with Gasteiger partial charge in [-0.15, -0.1) is 0 Å². The van der Waals surface area contributed by atoms with E-state index in [-0.39, 0.29) is 35.6 Å². The highest BCUT2D eigenvalue weighted by Gasteiger charge is 2.31. The van der Waals surface area contributed by atoms with E-state index in [0.717, 1.165) is 51.4 Å². The van der Waals surface area contributed by atoms with Crippen molar-refractivity contribution in [3.63, 3.8) is 0 Å². The monoisotopic (exact) mass is 368 g/mol. The Morgan fingerprint density at radius 2 is 1.56 bits per heavy atom. The van der Waals surface area contributed by atoms with Crippen molar-refractivity contribution in [2.45, 2.75) is 96.1 Å². The van der Waals surface area contributed by atoms with Gasteiger partial charge in [0.05, 0.1) is 0 Å². The van der Waals surface area contributed by atoms with Crippen LogP contribution in [-0.4, -0.2) is 39.8 Å². The van der Waals surface area contributed by atoms with Gasteiger partial charge in [-0.25, -0.2) is 4.79 Å². The van der Waals surface area contributed by atoms with Gasteiger partial charge in [-0.1, -0.05) is 57.2 Å². The average Bonchev–Trinajstić information content (AvgIpc) is 2.63. The number of rotatable bonds is 6. The molecule has 0 unspecified atom stereocenters. The second-order valence-electron chi connectivity index (χ2n) is 7.16. The molecule has 0 bridgehead atoms. The number of amides is 3. The lowest BCUT2D eigenvalue weighted by atomic mass is 9.93. The lowest BCUT2D eigenvalue weighted by Crippen LogP contribution is -2.53. The first-order valence-electron chi connectivity index (χ1n) is 9.90. The summed E-state index contributed by atoms with van der Waals surface area (Å²) in [6, 6.07) is 0.0171. The number of thioether (sulfide) groups is 1. The highest BCUT2D eigenvalue weighted by Crippen LogP contribution is 2.25. The van der Waals surface area contributed by atoms with Gasteiger partial charge in [0.2, 0.25) is 5.91 Å². The SMILES string of the molecule is CCC(=O)SCCC(=O)N(C(=O)NC1CCCCC1)C1CCCCC1. The maximum absolute atomic E-state index is 12.8. The third-order valence-corrected chi connectivity index (χ3v) is 6.25. The highest BCUT2D eigenvalue weighted by molar-refractivity contribution is 8.13. The smallest absolute Gasteiger partial charge is 0.324 e. The molecule has 2 fully saturated rings. The summed E-state index contributed by atoms with van der Waals surface area (Å²) >= 11 is 1.20. The number of urea groups is 1. The fourth-order valence-corrected chi connectivity index (χ4v) is 4.50. The van der Waals surface area contributed by atoms with Crippen LogP contribution in [0.1, 0.15) is 84.0 Å². The summed E-state index contributed by atoms with van der Waals surface area (Å²) in [7, 11) is 0. The van der Waals surface area contributed by atoms with Crippen LogP contribution in [0.2, 0.25) is 0 Å². The van der Waals surface area contributed by atoms with Crippen LogP contribution in [0.5, 0.6) is 0 Å². The van der Waals surface area contributed by atoms with Gasteiger partial charge >= 0.3 is 6.03 Å². The minimum Gasteiger partial charge on any atom is -0.335 e. The van der Waals surface area contributed by atoms with Gasteiger partial charge in [-0.05, 0) is 25.7 Å². The largest absolute Gasteiger partial charge is 0.335 e. The molecule has 0 spiro atoms. The molecule has 5 nitrogen and oxygen atoms in total. The first kappa shape index (κ1) is 20.3. The fourth-order valence-electron chi connectivity index (χ4n) is 3.79. The molecule has 2 aliphatic carbocycles. The van der Waals surface area contributed by atoms with Crippen molar-refractivity contribution in [2.75, 3.05) is 5.75 Å². The number of imide groups is 1. The third-order valence-electron chi connectivity index (χ3n) is 5.23. The molecule has 6 heteroatoms. The summed E-state index contributed by atoms with van der Waals surface area (Å²) in [5.41, 5.74) is 0. The van der Waals surface area contributed by atoms with Gasteiger partial charge in [-0.2, -0.15) is 0 Å². The molecule has 1 N–H and O–H groups in total. The van der Waals surface area contributed by atoms with E-state index in [4.69, 9.17) is 0 Å². The van der Waals surface area contributed by atoms with E-state index in [1.54, 1.807) is 0 Å². The third kappa shape index (κ3) is 6.65. The zero-order chi connectivity index (χ0) is 18.1. The molecule has 25 heavy (non-hydrogen) atoms. The van der Waals surface area contributed by atoms with Gasteiger partial charge in [0.1, 0.15) is 0 Å². The van der Waals surface area contributed by atoms with Crippen molar-refractivity contribution in [3.05, 3.63) is 0 Å². The number of carbonyl (C=O) groups is 3. The molecule has 2 saturated carbocycles. The predicted octanol–water partition coefficient (Wildman–Crippen LogP) is 4.25. The lowest BCUT2D eigenvalue weighted by molar-refractivity contribution is -0.130. The average molecular weight is 369 g/mol. The molecule has 0 aromatic rings. The van der Waals surface area contributed by atoms with Crippen molar-refractivity contribution in [2.24, 2.45) is 0 Å². The predicted molar refractivity (Wildman–Crippen MR) is 101 cm³/mol. The normalized spacial score (nSPS) is 19.4. The van der Waals surface area contributed by atoms with Crippen molar-refractivity contribution < 1.29 is 14.4 Å². The molecule has 142 valence electrons. The van der Waals surface area contributed by atoms with Crippen LogP contribution in [0.3, 0.4) is 0 Å². The molecule has 0 saturated heterocycles. The topological polar surface area (TPSA) is 66.5 Å². The number of nitrogens with one attached hydrogen (secondary N) is 1. The van der Waals surface area contributed by atoms with Crippen LogP contribution >= 0.6 is 11.8 Å². The van der Waals surface area contributed by atoms with Gasteiger partial charge < -0.3 is 5.32 Å². The minimum atomic E-state index is -0.212. The minimum absolute atomic E-state index is 0.0247. The van der Waals surface area contributed by atoms with Gasteiger partial charge in [0.25, 0.3) is 0 Å². The van der Waals surface area contributed by atoms with Crippen LogP contribution < -0.4 is 5.32 Å². The van der Waals surface area contributed by atoms with E-state index in [1.165, 1.54) is 29.5 Å². The Morgan fingerprint density at radius 1 is 0.960 bits per heavy atom. The molecular weight excluding hydrogens is 336 g/mol. The Hall–Kier alpha value is -1.04. The van der Waals surface area contributed by atoms with Crippen molar-refractivity contribution >= 4 is 28.8 Å². The van der Waals surface area contributed by atoms with Crippen LogP contribution in [0.25, 0.3) is 0 Å². The standard InChI is InChI=1S/C19H32N2O3S/c1-2-18(23)25-14-13-17(22)21(16-11-7-4-8-12-16)19(24)20-15-9-5-3-6-10-15/h15-16H,2-14H2,1H3,(H,20,24). The van der Waals surface area contributed by atoms with E-state index in [1.807, 2.05) is 6.92 Å². The van der Waals surface area contributed by atoms with E-state index < -0.39 is 0 Å². The quantitative estimate of drug-likeness (QED) is 0.761. The lowest BCUT2D eigenvalue weighted by Gasteiger charge is -2.34. The van der Waals surface area contributed by atoms with Gasteiger partial charge in [0.15, 0.2) is 5.12 Å². The van der Waals surface area contributed by atoms with E-state index in [9.17, 15) is 14.4 Å². The van der Waals surface area contributed by atoms with Crippen LogP contribution in [-0.2, 0) is 9.59 Å². The molecule has 0 aliphatic heterocycles. The Balaban J connectivity index is 1.94. The van der Waals surface area contributed by atoms with Crippen LogP contribution in [0, 0.1) is 0 Å². The second kappa shape index (κ2) is 10.8. The molecule has 0 atom stereocenters. The summed E-state index contributed by atoms with van der Waals surface area (Å²) in [6.45, 7) is 1.82. The van der Waals surface area contributed by atoms with Crippen LogP contribution in [0.15, 0.2) is 0 Å². The molecule has 0 aromatic carbocycles. The Bertz CT molecular complexity index is 458. The summed E-state index contributed by atoms with van der Waals surface area (Å²) in [4.78, 5) is 38.5. The van der Waals surface area contributed by atoms with E-state index >= 15 is 0 Å². The second-order valence-corrected chi connectivity index (χ2v) is 8.32. The molecule has 0 aromatic heterocycles. The summed E-state index contributed by atoms with van der Waals surface area (Å²) in [5.74, 6) is 0.336. The number of nitrogens with zero attached hydrogens (tertiary/aromatic N) is 1. The Labute approximate surface area is 155 Å². The highest BCUT2D eigenvalue weighted by atomic mass is 32.2. The van der Waals surface area contributed by atoms with Crippen molar-refractivity contribution in [3.8, 4) is 0 Å². The number of hydrogen-bond acceptors (Lipinski definition) is 4. The van der Waals surface area contributed by atoms with Crippen molar-refractivity contribution in [1.29, 1.82) is 0 Å². The zero-order valence-corrected chi connectivity index (χ0v) is 16.2. The molecule has 3 amide bonds. The fraction of sp³-hybridized carbons (Fsp3) is 0.842. The van der Waals surface area contributed by atoms with Crippen LogP contribution in [0.4, 0.5) is 4.79 Å². The molecule has 2 rings (SSSR count).